The smallest absolute Gasteiger partial charge is 0.336 e. The van der Waals surface area contributed by atoms with Crippen molar-refractivity contribution in [2.24, 2.45) is 0 Å². The highest BCUT2D eigenvalue weighted by Gasteiger charge is 2.14. The Morgan fingerprint density at radius 2 is 2.17 bits per heavy atom. The number of rotatable bonds is 4. The number of imidazole rings is 1. The lowest BCUT2D eigenvalue weighted by molar-refractivity contribution is 0.0632. The standard InChI is InChI=1S/C15H11ClF2N2O3/c1-8-4-14(21)23-11-6-12(10(16)5-9(8)11)22-7-13-19-2-3-20(13)15(17)18/h2-6,15H,7H2,1H3. The summed E-state index contributed by atoms with van der Waals surface area (Å²) in [6, 6.07) is 4.42. The van der Waals surface area contributed by atoms with Gasteiger partial charge < -0.3 is 9.15 Å². The second-order valence-electron chi connectivity index (χ2n) is 4.84. The summed E-state index contributed by atoms with van der Waals surface area (Å²) in [5.74, 6) is 0.276. The average Bonchev–Trinajstić information content (AvgIpc) is 2.94. The van der Waals surface area contributed by atoms with Crippen LogP contribution in [-0.2, 0) is 6.61 Å². The van der Waals surface area contributed by atoms with Crippen molar-refractivity contribution in [1.82, 2.24) is 9.55 Å². The summed E-state index contributed by atoms with van der Waals surface area (Å²) in [5, 5.41) is 0.959. The third-order valence-corrected chi connectivity index (χ3v) is 3.62. The van der Waals surface area contributed by atoms with Gasteiger partial charge in [-0.1, -0.05) is 11.6 Å². The lowest BCUT2D eigenvalue weighted by atomic mass is 10.1. The Hall–Kier alpha value is -2.41. The summed E-state index contributed by atoms with van der Waals surface area (Å²) >= 11 is 6.14. The van der Waals surface area contributed by atoms with Crippen LogP contribution >= 0.6 is 11.6 Å². The van der Waals surface area contributed by atoms with E-state index in [0.717, 1.165) is 11.8 Å². The van der Waals surface area contributed by atoms with Crippen molar-refractivity contribution in [2.75, 3.05) is 0 Å². The van der Waals surface area contributed by atoms with Crippen molar-refractivity contribution in [3.63, 3.8) is 0 Å². The normalized spacial score (nSPS) is 11.3. The van der Waals surface area contributed by atoms with E-state index >= 15 is 0 Å². The van der Waals surface area contributed by atoms with E-state index in [4.69, 9.17) is 20.8 Å². The second kappa shape index (κ2) is 6.00. The summed E-state index contributed by atoms with van der Waals surface area (Å²) in [6.45, 7) is -1.14. The van der Waals surface area contributed by atoms with Crippen LogP contribution in [0.25, 0.3) is 11.0 Å². The molecule has 0 aliphatic rings. The van der Waals surface area contributed by atoms with E-state index < -0.39 is 12.2 Å². The van der Waals surface area contributed by atoms with Gasteiger partial charge in [-0.3, -0.25) is 4.57 Å². The van der Waals surface area contributed by atoms with Crippen molar-refractivity contribution in [3.8, 4) is 5.75 Å². The van der Waals surface area contributed by atoms with E-state index in [-0.39, 0.29) is 23.2 Å². The molecule has 0 spiro atoms. The summed E-state index contributed by atoms with van der Waals surface area (Å²) in [7, 11) is 0. The van der Waals surface area contributed by atoms with Crippen molar-refractivity contribution >= 4 is 22.6 Å². The number of aromatic nitrogens is 2. The first kappa shape index (κ1) is 15.5. The maximum absolute atomic E-state index is 12.8. The number of nitrogens with zero attached hydrogens (tertiary/aromatic N) is 2. The Bertz CT molecular complexity index is 921. The van der Waals surface area contributed by atoms with Gasteiger partial charge in [0.15, 0.2) is 5.82 Å². The molecular weight excluding hydrogens is 330 g/mol. The number of fused-ring (bicyclic) bond motifs is 1. The van der Waals surface area contributed by atoms with E-state index in [1.807, 2.05) is 0 Å². The van der Waals surface area contributed by atoms with Crippen LogP contribution < -0.4 is 10.4 Å². The maximum atomic E-state index is 12.8. The molecule has 0 aliphatic heterocycles. The summed E-state index contributed by atoms with van der Waals surface area (Å²) in [5.41, 5.74) is 0.543. The predicted octanol–water partition coefficient (Wildman–Crippen LogP) is 3.93. The van der Waals surface area contributed by atoms with Gasteiger partial charge in [0.05, 0.1) is 5.02 Å². The molecule has 0 saturated carbocycles. The number of benzene rings is 1. The number of alkyl halides is 2. The van der Waals surface area contributed by atoms with Crippen LogP contribution in [0, 0.1) is 6.92 Å². The van der Waals surface area contributed by atoms with Gasteiger partial charge in [0, 0.05) is 29.9 Å². The monoisotopic (exact) mass is 340 g/mol. The molecule has 0 atom stereocenters. The first-order valence-corrected chi connectivity index (χ1v) is 7.00. The maximum Gasteiger partial charge on any atom is 0.336 e. The number of aryl methyl sites for hydroxylation is 1. The predicted molar refractivity (Wildman–Crippen MR) is 80.0 cm³/mol. The molecule has 0 aliphatic carbocycles. The fraction of sp³-hybridized carbons (Fsp3) is 0.200. The SMILES string of the molecule is Cc1cc(=O)oc2cc(OCc3nccn3C(F)F)c(Cl)cc12. The van der Waals surface area contributed by atoms with Crippen LogP contribution in [0.3, 0.4) is 0 Å². The summed E-state index contributed by atoms with van der Waals surface area (Å²) in [4.78, 5) is 15.2. The lowest BCUT2D eigenvalue weighted by Crippen LogP contribution is -2.07. The van der Waals surface area contributed by atoms with Crippen molar-refractivity contribution in [2.45, 2.75) is 20.1 Å². The minimum atomic E-state index is -2.70. The zero-order valence-electron chi connectivity index (χ0n) is 11.9. The highest BCUT2D eigenvalue weighted by molar-refractivity contribution is 6.32. The summed E-state index contributed by atoms with van der Waals surface area (Å²) < 4.78 is 36.8. The Balaban J connectivity index is 1.92. The zero-order chi connectivity index (χ0) is 16.6. The lowest BCUT2D eigenvalue weighted by Gasteiger charge is -2.11. The van der Waals surface area contributed by atoms with Gasteiger partial charge in [0.1, 0.15) is 17.9 Å². The third kappa shape index (κ3) is 3.05. The molecule has 2 aromatic heterocycles. The van der Waals surface area contributed by atoms with Crippen LogP contribution in [0.4, 0.5) is 8.78 Å². The molecular formula is C15H11ClF2N2O3. The fourth-order valence-corrected chi connectivity index (χ4v) is 2.42. The minimum Gasteiger partial charge on any atom is -0.484 e. The highest BCUT2D eigenvalue weighted by atomic mass is 35.5. The fourth-order valence-electron chi connectivity index (χ4n) is 2.21. The van der Waals surface area contributed by atoms with E-state index in [1.165, 1.54) is 18.3 Å². The van der Waals surface area contributed by atoms with E-state index in [9.17, 15) is 13.6 Å². The molecule has 0 saturated heterocycles. The zero-order valence-corrected chi connectivity index (χ0v) is 12.7. The Morgan fingerprint density at radius 1 is 1.39 bits per heavy atom. The topological polar surface area (TPSA) is 57.3 Å². The Kier molecular flexibility index (Phi) is 4.04. The van der Waals surface area contributed by atoms with Crippen LogP contribution in [0.1, 0.15) is 17.9 Å². The van der Waals surface area contributed by atoms with E-state index in [1.54, 1.807) is 13.0 Å². The third-order valence-electron chi connectivity index (χ3n) is 3.32. The Labute approximate surface area is 134 Å². The van der Waals surface area contributed by atoms with E-state index in [2.05, 4.69) is 4.98 Å². The molecule has 2 heterocycles. The van der Waals surface area contributed by atoms with Gasteiger partial charge >= 0.3 is 12.2 Å². The first-order chi connectivity index (χ1) is 11.0. The van der Waals surface area contributed by atoms with Crippen molar-refractivity contribution in [3.05, 3.63) is 57.4 Å². The number of halogens is 3. The molecule has 8 heteroatoms. The molecule has 120 valence electrons. The molecule has 0 radical (unpaired) electrons. The average molecular weight is 341 g/mol. The van der Waals surface area contributed by atoms with Gasteiger partial charge in [-0.2, -0.15) is 8.78 Å². The molecule has 0 fully saturated rings. The van der Waals surface area contributed by atoms with Crippen molar-refractivity contribution < 1.29 is 17.9 Å². The second-order valence-corrected chi connectivity index (χ2v) is 5.25. The number of hydrogen-bond acceptors (Lipinski definition) is 4. The molecule has 3 rings (SSSR count). The first-order valence-electron chi connectivity index (χ1n) is 6.62. The number of ether oxygens (including phenoxy) is 1. The largest absolute Gasteiger partial charge is 0.484 e. The van der Waals surface area contributed by atoms with Gasteiger partial charge in [-0.25, -0.2) is 9.78 Å². The van der Waals surface area contributed by atoms with Gasteiger partial charge in [-0.05, 0) is 18.6 Å². The molecule has 0 amide bonds. The van der Waals surface area contributed by atoms with Crippen LogP contribution in [-0.4, -0.2) is 9.55 Å². The molecule has 23 heavy (non-hydrogen) atoms. The molecule has 0 bridgehead atoms. The molecule has 0 N–H and O–H groups in total. The summed E-state index contributed by atoms with van der Waals surface area (Å²) in [6.07, 6.45) is 2.42. The van der Waals surface area contributed by atoms with Gasteiger partial charge in [0.2, 0.25) is 0 Å². The van der Waals surface area contributed by atoms with Gasteiger partial charge in [-0.15, -0.1) is 0 Å². The molecule has 0 unspecified atom stereocenters. The molecule has 5 nitrogen and oxygen atoms in total. The van der Waals surface area contributed by atoms with Crippen LogP contribution in [0.15, 0.2) is 39.8 Å². The highest BCUT2D eigenvalue weighted by Crippen LogP contribution is 2.31. The van der Waals surface area contributed by atoms with Crippen LogP contribution in [0.2, 0.25) is 5.02 Å². The molecule has 3 aromatic rings. The van der Waals surface area contributed by atoms with Gasteiger partial charge in [0.25, 0.3) is 0 Å². The van der Waals surface area contributed by atoms with Crippen molar-refractivity contribution in [1.29, 1.82) is 0 Å². The number of hydrogen-bond donors (Lipinski definition) is 0. The Morgan fingerprint density at radius 3 is 2.91 bits per heavy atom. The quantitative estimate of drug-likeness (QED) is 0.675. The van der Waals surface area contributed by atoms with Crippen LogP contribution in [0.5, 0.6) is 5.75 Å². The van der Waals surface area contributed by atoms with E-state index in [0.29, 0.717) is 15.5 Å². The molecule has 1 aromatic carbocycles. The minimum absolute atomic E-state index is 0.0573.